The number of hydrogen-bond acceptors (Lipinski definition) is 4. The van der Waals surface area contributed by atoms with Crippen molar-refractivity contribution in [2.75, 3.05) is 11.1 Å². The number of rotatable bonds is 4. The van der Waals surface area contributed by atoms with Crippen molar-refractivity contribution in [3.8, 4) is 0 Å². The first-order valence-corrected chi connectivity index (χ1v) is 7.45. The van der Waals surface area contributed by atoms with Gasteiger partial charge in [0.25, 0.3) is 5.91 Å². The minimum absolute atomic E-state index is 0.219. The van der Waals surface area contributed by atoms with Crippen molar-refractivity contribution in [1.29, 1.82) is 0 Å². The summed E-state index contributed by atoms with van der Waals surface area (Å²) in [5, 5.41) is 3.09. The maximum absolute atomic E-state index is 12.1. The molecule has 2 rings (SSSR count). The Hall–Kier alpha value is -2.24. The Morgan fingerprint density at radius 3 is 2.57 bits per heavy atom. The molecule has 120 valence electrons. The molecule has 0 aliphatic heterocycles. The van der Waals surface area contributed by atoms with Crippen LogP contribution in [-0.2, 0) is 9.53 Å². The van der Waals surface area contributed by atoms with Gasteiger partial charge in [0, 0.05) is 5.69 Å². The van der Waals surface area contributed by atoms with E-state index in [1.165, 1.54) is 13.0 Å². The first-order chi connectivity index (χ1) is 10.9. The highest BCUT2D eigenvalue weighted by atomic mass is 35.5. The Balaban J connectivity index is 2.02. The van der Waals surface area contributed by atoms with Gasteiger partial charge in [-0.3, -0.25) is 4.79 Å². The molecule has 0 radical (unpaired) electrons. The summed E-state index contributed by atoms with van der Waals surface area (Å²) >= 11 is 11.9. The van der Waals surface area contributed by atoms with E-state index in [0.29, 0.717) is 16.4 Å². The van der Waals surface area contributed by atoms with Crippen molar-refractivity contribution < 1.29 is 14.3 Å². The summed E-state index contributed by atoms with van der Waals surface area (Å²) in [4.78, 5) is 24.1. The van der Waals surface area contributed by atoms with E-state index in [1.807, 2.05) is 0 Å². The third-order valence-electron chi connectivity index (χ3n) is 2.98. The molecule has 0 aromatic heterocycles. The number of carbonyl (C=O) groups is 2. The summed E-state index contributed by atoms with van der Waals surface area (Å²) in [6, 6.07) is 11.1. The van der Waals surface area contributed by atoms with Crippen LogP contribution in [0.4, 0.5) is 11.4 Å². The molecule has 0 aliphatic rings. The number of nitrogens with two attached hydrogens (primary N) is 1. The Bertz CT molecular complexity index is 750. The third kappa shape index (κ3) is 4.37. The minimum Gasteiger partial charge on any atom is -0.449 e. The summed E-state index contributed by atoms with van der Waals surface area (Å²) in [5.41, 5.74) is 6.65. The number of nitrogens with one attached hydrogen (secondary N) is 1. The lowest BCUT2D eigenvalue weighted by molar-refractivity contribution is -0.123. The van der Waals surface area contributed by atoms with Gasteiger partial charge in [-0.2, -0.15) is 0 Å². The van der Waals surface area contributed by atoms with Crippen LogP contribution in [-0.4, -0.2) is 18.0 Å². The van der Waals surface area contributed by atoms with Crippen LogP contribution >= 0.6 is 23.2 Å². The molecule has 0 saturated heterocycles. The normalized spacial score (nSPS) is 11.6. The van der Waals surface area contributed by atoms with Gasteiger partial charge in [-0.1, -0.05) is 35.3 Å². The number of benzene rings is 2. The molecule has 1 amide bonds. The fourth-order valence-corrected chi connectivity index (χ4v) is 2.13. The predicted molar refractivity (Wildman–Crippen MR) is 90.8 cm³/mol. The second-order valence-corrected chi connectivity index (χ2v) is 5.55. The zero-order valence-corrected chi connectivity index (χ0v) is 13.7. The lowest BCUT2D eigenvalue weighted by atomic mass is 10.2. The lowest BCUT2D eigenvalue weighted by Gasteiger charge is -2.14. The maximum Gasteiger partial charge on any atom is 0.338 e. The maximum atomic E-state index is 12.1. The monoisotopic (exact) mass is 352 g/mol. The third-order valence-corrected chi connectivity index (χ3v) is 3.80. The zero-order chi connectivity index (χ0) is 17.0. The Labute approximate surface area is 143 Å². The largest absolute Gasteiger partial charge is 0.449 e. The number of hydrogen-bond donors (Lipinski definition) is 2. The molecule has 1 unspecified atom stereocenters. The van der Waals surface area contributed by atoms with E-state index in [4.69, 9.17) is 33.7 Å². The van der Waals surface area contributed by atoms with E-state index >= 15 is 0 Å². The highest BCUT2D eigenvalue weighted by molar-refractivity contribution is 6.44. The van der Waals surface area contributed by atoms with Gasteiger partial charge in [0.15, 0.2) is 6.10 Å². The predicted octanol–water partition coefficient (Wildman–Crippen LogP) is 3.76. The molecule has 0 saturated carbocycles. The molecule has 5 nitrogen and oxygen atoms in total. The van der Waals surface area contributed by atoms with Gasteiger partial charge in [0.2, 0.25) is 0 Å². The second kappa shape index (κ2) is 7.35. The molecule has 0 aliphatic carbocycles. The average molecular weight is 353 g/mol. The second-order valence-electron chi connectivity index (χ2n) is 4.76. The molecular formula is C16H14Cl2N2O3. The number of esters is 1. The molecule has 2 aromatic carbocycles. The Morgan fingerprint density at radius 1 is 1.17 bits per heavy atom. The Kier molecular flexibility index (Phi) is 5.47. The van der Waals surface area contributed by atoms with Crippen LogP contribution in [0.15, 0.2) is 42.5 Å². The number of halogens is 2. The fraction of sp³-hybridized carbons (Fsp3) is 0.125. The van der Waals surface area contributed by atoms with Crippen molar-refractivity contribution in [3.05, 3.63) is 58.1 Å². The summed E-state index contributed by atoms with van der Waals surface area (Å²) in [6.07, 6.45) is -1.01. The summed E-state index contributed by atoms with van der Waals surface area (Å²) in [7, 11) is 0. The van der Waals surface area contributed by atoms with E-state index in [9.17, 15) is 9.59 Å². The highest BCUT2D eigenvalue weighted by Crippen LogP contribution is 2.29. The molecule has 2 aromatic rings. The minimum atomic E-state index is -1.01. The number of nitrogen functional groups attached to an aromatic ring is 1. The smallest absolute Gasteiger partial charge is 0.338 e. The van der Waals surface area contributed by atoms with Gasteiger partial charge in [0.05, 0.1) is 21.3 Å². The zero-order valence-electron chi connectivity index (χ0n) is 12.2. The first-order valence-electron chi connectivity index (χ1n) is 6.70. The molecule has 23 heavy (non-hydrogen) atoms. The van der Waals surface area contributed by atoms with E-state index in [-0.39, 0.29) is 10.6 Å². The van der Waals surface area contributed by atoms with Gasteiger partial charge in [-0.05, 0) is 37.3 Å². The summed E-state index contributed by atoms with van der Waals surface area (Å²) < 4.78 is 5.11. The number of ether oxygens (including phenoxy) is 1. The molecule has 0 bridgehead atoms. The lowest BCUT2D eigenvalue weighted by Crippen LogP contribution is -2.30. The quantitative estimate of drug-likeness (QED) is 0.648. The SMILES string of the molecule is CC(OC(=O)c1cccc(N)c1)C(=O)Nc1cccc(Cl)c1Cl. The van der Waals surface area contributed by atoms with E-state index in [0.717, 1.165) is 0 Å². The van der Waals surface area contributed by atoms with Crippen molar-refractivity contribution in [1.82, 2.24) is 0 Å². The Morgan fingerprint density at radius 2 is 1.87 bits per heavy atom. The van der Waals surface area contributed by atoms with Crippen molar-refractivity contribution in [2.24, 2.45) is 0 Å². The average Bonchev–Trinajstić information content (AvgIpc) is 2.51. The van der Waals surface area contributed by atoms with Crippen LogP contribution in [0.2, 0.25) is 10.0 Å². The fourth-order valence-electron chi connectivity index (χ4n) is 1.78. The molecule has 0 fully saturated rings. The van der Waals surface area contributed by atoms with Crippen molar-refractivity contribution in [2.45, 2.75) is 13.0 Å². The van der Waals surface area contributed by atoms with E-state index in [1.54, 1.807) is 36.4 Å². The van der Waals surface area contributed by atoms with Crippen LogP contribution in [0.3, 0.4) is 0 Å². The van der Waals surface area contributed by atoms with Crippen LogP contribution in [0.5, 0.6) is 0 Å². The number of amides is 1. The van der Waals surface area contributed by atoms with Crippen molar-refractivity contribution in [3.63, 3.8) is 0 Å². The molecule has 0 spiro atoms. The van der Waals surface area contributed by atoms with Gasteiger partial charge < -0.3 is 15.8 Å². The van der Waals surface area contributed by atoms with E-state index in [2.05, 4.69) is 5.32 Å². The highest BCUT2D eigenvalue weighted by Gasteiger charge is 2.20. The van der Waals surface area contributed by atoms with Gasteiger partial charge >= 0.3 is 5.97 Å². The van der Waals surface area contributed by atoms with Gasteiger partial charge in [0.1, 0.15) is 0 Å². The van der Waals surface area contributed by atoms with Gasteiger partial charge in [-0.25, -0.2) is 4.79 Å². The van der Waals surface area contributed by atoms with Crippen LogP contribution in [0.25, 0.3) is 0 Å². The van der Waals surface area contributed by atoms with Gasteiger partial charge in [-0.15, -0.1) is 0 Å². The number of carbonyl (C=O) groups excluding carboxylic acids is 2. The van der Waals surface area contributed by atoms with Crippen LogP contribution in [0.1, 0.15) is 17.3 Å². The molecule has 7 heteroatoms. The first kappa shape index (κ1) is 17.1. The van der Waals surface area contributed by atoms with Crippen LogP contribution < -0.4 is 11.1 Å². The van der Waals surface area contributed by atoms with Crippen LogP contribution in [0, 0.1) is 0 Å². The number of anilines is 2. The topological polar surface area (TPSA) is 81.4 Å². The van der Waals surface area contributed by atoms with Crippen molar-refractivity contribution >= 4 is 46.5 Å². The molecule has 3 N–H and O–H groups in total. The standard InChI is InChI=1S/C16H14Cl2N2O3/c1-9(23-16(22)10-4-2-5-11(19)8-10)15(21)20-13-7-3-6-12(17)14(13)18/h2-9H,19H2,1H3,(H,20,21). The summed E-state index contributed by atoms with van der Waals surface area (Å²) in [5.74, 6) is -1.16. The molecule has 1 atom stereocenters. The van der Waals surface area contributed by atoms with E-state index < -0.39 is 18.0 Å². The molecular weight excluding hydrogens is 339 g/mol. The summed E-state index contributed by atoms with van der Waals surface area (Å²) in [6.45, 7) is 1.46. The molecule has 0 heterocycles.